The van der Waals surface area contributed by atoms with Crippen molar-refractivity contribution in [2.75, 3.05) is 14.2 Å². The molecule has 2 rings (SSSR count). The Morgan fingerprint density at radius 2 is 1.72 bits per heavy atom. The van der Waals surface area contributed by atoms with E-state index in [0.29, 0.717) is 11.5 Å². The van der Waals surface area contributed by atoms with Gasteiger partial charge >= 0.3 is 0 Å². The quantitative estimate of drug-likeness (QED) is 0.647. The summed E-state index contributed by atoms with van der Waals surface area (Å²) in [6.07, 6.45) is 0.212. The molecular formula is C20H24N2O3. The normalized spacial score (nSPS) is 11.2. The van der Waals surface area contributed by atoms with Crippen molar-refractivity contribution >= 4 is 11.6 Å². The first-order valence-corrected chi connectivity index (χ1v) is 8.06. The molecule has 0 heterocycles. The predicted molar refractivity (Wildman–Crippen MR) is 99.5 cm³/mol. The molecule has 1 amide bonds. The van der Waals surface area contributed by atoms with Crippen LogP contribution in [0, 0.1) is 13.8 Å². The van der Waals surface area contributed by atoms with E-state index in [0.717, 1.165) is 16.8 Å². The Labute approximate surface area is 148 Å². The molecule has 5 nitrogen and oxygen atoms in total. The molecule has 0 bridgehead atoms. The highest BCUT2D eigenvalue weighted by atomic mass is 16.5. The highest BCUT2D eigenvalue weighted by Gasteiger charge is 2.08. The summed E-state index contributed by atoms with van der Waals surface area (Å²) >= 11 is 0. The standard InChI is InChI=1S/C20H24N2O3/c1-13-6-8-17(10-14(13)2)15(3)21-22-20(23)12-16-7-9-18(24-4)19(11-16)25-5/h6-11H,12H2,1-5H3,(H,22,23)/b21-15-. The maximum atomic E-state index is 12.1. The summed E-state index contributed by atoms with van der Waals surface area (Å²) in [7, 11) is 3.15. The van der Waals surface area contributed by atoms with Gasteiger partial charge in [0.15, 0.2) is 11.5 Å². The molecule has 132 valence electrons. The highest BCUT2D eigenvalue weighted by Crippen LogP contribution is 2.27. The van der Waals surface area contributed by atoms with Crippen molar-refractivity contribution in [2.24, 2.45) is 5.10 Å². The van der Waals surface area contributed by atoms with E-state index >= 15 is 0 Å². The minimum absolute atomic E-state index is 0.185. The van der Waals surface area contributed by atoms with Crippen LogP contribution in [0.3, 0.4) is 0 Å². The Morgan fingerprint density at radius 1 is 1.00 bits per heavy atom. The van der Waals surface area contributed by atoms with Crippen molar-refractivity contribution in [1.29, 1.82) is 0 Å². The van der Waals surface area contributed by atoms with Crippen LogP contribution in [-0.4, -0.2) is 25.8 Å². The maximum Gasteiger partial charge on any atom is 0.244 e. The number of carbonyl (C=O) groups excluding carboxylic acids is 1. The first-order chi connectivity index (χ1) is 11.9. The number of benzene rings is 2. The van der Waals surface area contributed by atoms with Gasteiger partial charge in [-0.05, 0) is 61.2 Å². The summed E-state index contributed by atoms with van der Waals surface area (Å²) in [5.41, 5.74) is 7.63. The number of methoxy groups -OCH3 is 2. The Morgan fingerprint density at radius 3 is 2.36 bits per heavy atom. The van der Waals surface area contributed by atoms with Gasteiger partial charge in [0.05, 0.1) is 26.4 Å². The number of hydrogen-bond acceptors (Lipinski definition) is 4. The van der Waals surface area contributed by atoms with E-state index in [1.54, 1.807) is 26.4 Å². The Hall–Kier alpha value is -2.82. The van der Waals surface area contributed by atoms with Crippen molar-refractivity contribution in [3.8, 4) is 11.5 Å². The molecule has 2 aromatic carbocycles. The van der Waals surface area contributed by atoms with Crippen LogP contribution in [0.15, 0.2) is 41.5 Å². The molecule has 0 aliphatic heterocycles. The van der Waals surface area contributed by atoms with E-state index < -0.39 is 0 Å². The SMILES string of the molecule is COc1ccc(CC(=O)N/N=C(/C)c2ccc(C)c(C)c2)cc1OC. The van der Waals surface area contributed by atoms with Gasteiger partial charge in [-0.1, -0.05) is 18.2 Å². The number of nitrogens with zero attached hydrogens (tertiary/aromatic N) is 1. The molecular weight excluding hydrogens is 316 g/mol. The second-order valence-corrected chi connectivity index (χ2v) is 5.90. The van der Waals surface area contributed by atoms with Gasteiger partial charge in [-0.15, -0.1) is 0 Å². The number of rotatable bonds is 6. The van der Waals surface area contributed by atoms with Crippen molar-refractivity contribution in [2.45, 2.75) is 27.2 Å². The Kier molecular flexibility index (Phi) is 6.17. The molecule has 0 aliphatic rings. The topological polar surface area (TPSA) is 59.9 Å². The molecule has 0 unspecified atom stereocenters. The third kappa shape index (κ3) is 4.83. The maximum absolute atomic E-state index is 12.1. The van der Waals surface area contributed by atoms with Crippen LogP contribution in [0.2, 0.25) is 0 Å². The first-order valence-electron chi connectivity index (χ1n) is 8.06. The smallest absolute Gasteiger partial charge is 0.244 e. The zero-order valence-corrected chi connectivity index (χ0v) is 15.3. The third-order valence-electron chi connectivity index (χ3n) is 4.09. The molecule has 0 spiro atoms. The van der Waals surface area contributed by atoms with Crippen LogP contribution in [0.25, 0.3) is 0 Å². The molecule has 1 N–H and O–H groups in total. The van der Waals surface area contributed by atoms with E-state index in [2.05, 4.69) is 36.5 Å². The fourth-order valence-electron chi connectivity index (χ4n) is 2.39. The van der Waals surface area contributed by atoms with Gasteiger partial charge in [0.25, 0.3) is 0 Å². The molecule has 2 aromatic rings. The van der Waals surface area contributed by atoms with Gasteiger partial charge in [0, 0.05) is 0 Å². The van der Waals surface area contributed by atoms with Crippen LogP contribution in [0.4, 0.5) is 0 Å². The van der Waals surface area contributed by atoms with Gasteiger partial charge in [0.1, 0.15) is 0 Å². The molecule has 0 aromatic heterocycles. The number of ether oxygens (including phenoxy) is 2. The van der Waals surface area contributed by atoms with Gasteiger partial charge < -0.3 is 9.47 Å². The highest BCUT2D eigenvalue weighted by molar-refractivity contribution is 5.99. The summed E-state index contributed by atoms with van der Waals surface area (Å²) in [5, 5.41) is 4.20. The summed E-state index contributed by atoms with van der Waals surface area (Å²) in [5.74, 6) is 1.05. The van der Waals surface area contributed by atoms with Gasteiger partial charge in [-0.3, -0.25) is 4.79 Å². The Bertz CT molecular complexity index is 798. The van der Waals surface area contributed by atoms with Crippen LogP contribution < -0.4 is 14.9 Å². The lowest BCUT2D eigenvalue weighted by Gasteiger charge is -2.09. The summed E-state index contributed by atoms with van der Waals surface area (Å²) < 4.78 is 10.4. The summed E-state index contributed by atoms with van der Waals surface area (Å²) in [4.78, 5) is 12.1. The number of hydrogen-bond donors (Lipinski definition) is 1. The summed E-state index contributed by atoms with van der Waals surface area (Å²) in [6.45, 7) is 6.00. The average molecular weight is 340 g/mol. The molecule has 0 saturated heterocycles. The zero-order valence-electron chi connectivity index (χ0n) is 15.3. The largest absolute Gasteiger partial charge is 0.493 e. The number of aryl methyl sites for hydroxylation is 2. The van der Waals surface area contributed by atoms with E-state index in [-0.39, 0.29) is 12.3 Å². The van der Waals surface area contributed by atoms with E-state index in [9.17, 15) is 4.79 Å². The minimum Gasteiger partial charge on any atom is -0.493 e. The number of carbonyl (C=O) groups is 1. The second-order valence-electron chi connectivity index (χ2n) is 5.90. The van der Waals surface area contributed by atoms with E-state index in [4.69, 9.17) is 9.47 Å². The minimum atomic E-state index is -0.185. The summed E-state index contributed by atoms with van der Waals surface area (Å²) in [6, 6.07) is 11.5. The molecule has 0 fully saturated rings. The lowest BCUT2D eigenvalue weighted by atomic mass is 10.0. The van der Waals surface area contributed by atoms with Crippen molar-refractivity contribution < 1.29 is 14.3 Å². The monoisotopic (exact) mass is 340 g/mol. The molecule has 0 radical (unpaired) electrons. The third-order valence-corrected chi connectivity index (χ3v) is 4.09. The van der Waals surface area contributed by atoms with Gasteiger partial charge in [0.2, 0.25) is 5.91 Å². The molecule has 5 heteroatoms. The predicted octanol–water partition coefficient (Wildman–Crippen LogP) is 3.40. The average Bonchev–Trinajstić information content (AvgIpc) is 2.61. The lowest BCUT2D eigenvalue weighted by molar-refractivity contribution is -0.120. The van der Waals surface area contributed by atoms with E-state index in [1.807, 2.05) is 19.1 Å². The van der Waals surface area contributed by atoms with E-state index in [1.165, 1.54) is 11.1 Å². The molecule has 0 atom stereocenters. The van der Waals surface area contributed by atoms with Crippen LogP contribution in [0.1, 0.15) is 29.2 Å². The first kappa shape index (κ1) is 18.5. The number of hydrazone groups is 1. The van der Waals surface area contributed by atoms with Crippen LogP contribution in [0.5, 0.6) is 11.5 Å². The number of nitrogens with one attached hydrogen (secondary N) is 1. The van der Waals surface area contributed by atoms with Crippen LogP contribution in [-0.2, 0) is 11.2 Å². The van der Waals surface area contributed by atoms with Gasteiger partial charge in [-0.2, -0.15) is 5.10 Å². The fourth-order valence-corrected chi connectivity index (χ4v) is 2.39. The fraction of sp³-hybridized carbons (Fsp3) is 0.300. The molecule has 0 saturated carbocycles. The van der Waals surface area contributed by atoms with Crippen molar-refractivity contribution in [1.82, 2.24) is 5.43 Å². The van der Waals surface area contributed by atoms with Gasteiger partial charge in [-0.25, -0.2) is 5.43 Å². The van der Waals surface area contributed by atoms with Crippen molar-refractivity contribution in [3.63, 3.8) is 0 Å². The Balaban J connectivity index is 2.03. The number of amides is 1. The van der Waals surface area contributed by atoms with Crippen LogP contribution >= 0.6 is 0 Å². The molecule has 0 aliphatic carbocycles. The molecule has 25 heavy (non-hydrogen) atoms. The lowest BCUT2D eigenvalue weighted by Crippen LogP contribution is -2.21. The second kappa shape index (κ2) is 8.33. The van der Waals surface area contributed by atoms with Crippen molar-refractivity contribution in [3.05, 3.63) is 58.7 Å². The zero-order chi connectivity index (χ0) is 18.4.